The van der Waals surface area contributed by atoms with Gasteiger partial charge in [0.1, 0.15) is 5.65 Å². The van der Waals surface area contributed by atoms with Crippen molar-refractivity contribution in [2.75, 3.05) is 0 Å². The van der Waals surface area contributed by atoms with Gasteiger partial charge in [-0.15, -0.1) is 0 Å². The topological polar surface area (TPSA) is 73.6 Å². The lowest BCUT2D eigenvalue weighted by molar-refractivity contribution is 0.00578. The van der Waals surface area contributed by atoms with E-state index >= 15 is 0 Å². The molecule has 0 spiro atoms. The Labute approximate surface area is 129 Å². The maximum atomic E-state index is 11.3. The third kappa shape index (κ3) is 2.04. The first-order chi connectivity index (χ1) is 10.1. The van der Waals surface area contributed by atoms with Crippen molar-refractivity contribution < 1.29 is 19.2 Å². The van der Waals surface area contributed by atoms with Gasteiger partial charge in [0.25, 0.3) is 0 Å². The fourth-order valence-electron chi connectivity index (χ4n) is 2.68. The summed E-state index contributed by atoms with van der Waals surface area (Å²) in [5, 5.41) is 10.0. The molecule has 0 radical (unpaired) electrons. The van der Waals surface area contributed by atoms with Crippen molar-refractivity contribution in [3.63, 3.8) is 0 Å². The number of aromatic nitrogens is 2. The van der Waals surface area contributed by atoms with Crippen LogP contribution in [0.2, 0.25) is 0 Å². The van der Waals surface area contributed by atoms with Crippen LogP contribution in [0.5, 0.6) is 0 Å². The van der Waals surface area contributed by atoms with Gasteiger partial charge >= 0.3 is 13.2 Å². The Kier molecular flexibility index (Phi) is 3.13. The normalized spacial score (nSPS) is 19.8. The van der Waals surface area contributed by atoms with E-state index in [2.05, 4.69) is 4.98 Å². The lowest BCUT2D eigenvalue weighted by Crippen LogP contribution is -2.41. The SMILES string of the molecule is Cc1cn(C(=O)O)c2nccc(B3OC(C)(C)C(C)(C)O3)c12. The minimum atomic E-state index is -1.06. The van der Waals surface area contributed by atoms with Gasteiger partial charge in [-0.2, -0.15) is 0 Å². The minimum absolute atomic E-state index is 0.400. The molecule has 6 nitrogen and oxygen atoms in total. The van der Waals surface area contributed by atoms with Gasteiger partial charge in [0.05, 0.1) is 11.2 Å². The van der Waals surface area contributed by atoms with Crippen LogP contribution in [-0.4, -0.2) is 39.1 Å². The van der Waals surface area contributed by atoms with Gasteiger partial charge in [-0.1, -0.05) is 0 Å². The zero-order valence-electron chi connectivity index (χ0n) is 13.4. The van der Waals surface area contributed by atoms with Crippen LogP contribution in [0.3, 0.4) is 0 Å². The van der Waals surface area contributed by atoms with E-state index in [-0.39, 0.29) is 0 Å². The number of carbonyl (C=O) groups is 1. The summed E-state index contributed by atoms with van der Waals surface area (Å²) in [7, 11) is -0.543. The smallest absolute Gasteiger partial charge is 0.464 e. The first kappa shape index (κ1) is 15.1. The monoisotopic (exact) mass is 302 g/mol. The molecule has 1 aliphatic heterocycles. The molecular weight excluding hydrogens is 283 g/mol. The first-order valence-corrected chi connectivity index (χ1v) is 7.19. The molecule has 0 bridgehead atoms. The maximum absolute atomic E-state index is 11.3. The molecule has 0 aromatic carbocycles. The molecule has 2 aromatic rings. The van der Waals surface area contributed by atoms with Crippen LogP contribution in [0, 0.1) is 6.92 Å². The van der Waals surface area contributed by atoms with Crippen molar-refractivity contribution in [1.29, 1.82) is 0 Å². The fourth-order valence-corrected chi connectivity index (χ4v) is 2.68. The predicted molar refractivity (Wildman–Crippen MR) is 83.6 cm³/mol. The van der Waals surface area contributed by atoms with Crippen LogP contribution in [0.25, 0.3) is 11.0 Å². The summed E-state index contributed by atoms with van der Waals surface area (Å²) in [4.78, 5) is 15.5. The molecule has 3 rings (SSSR count). The van der Waals surface area contributed by atoms with E-state index in [1.165, 1.54) is 0 Å². The number of hydrogen-bond acceptors (Lipinski definition) is 4. The van der Waals surface area contributed by atoms with E-state index in [4.69, 9.17) is 9.31 Å². The van der Waals surface area contributed by atoms with Crippen molar-refractivity contribution in [3.05, 3.63) is 24.0 Å². The van der Waals surface area contributed by atoms with Crippen LogP contribution in [0.1, 0.15) is 33.3 Å². The molecule has 0 amide bonds. The summed E-state index contributed by atoms with van der Waals surface area (Å²) in [6, 6.07) is 1.82. The van der Waals surface area contributed by atoms with Crippen molar-refractivity contribution >= 4 is 29.7 Å². The van der Waals surface area contributed by atoms with E-state index in [0.29, 0.717) is 5.65 Å². The van der Waals surface area contributed by atoms with Gasteiger partial charge in [0.15, 0.2) is 0 Å². The van der Waals surface area contributed by atoms with Crippen LogP contribution in [0.15, 0.2) is 18.5 Å². The molecule has 1 fully saturated rings. The molecule has 22 heavy (non-hydrogen) atoms. The highest BCUT2D eigenvalue weighted by atomic mass is 16.7. The summed E-state index contributed by atoms with van der Waals surface area (Å²) in [6.45, 7) is 9.81. The van der Waals surface area contributed by atoms with Crippen molar-refractivity contribution in [3.8, 4) is 0 Å². The highest BCUT2D eigenvalue weighted by molar-refractivity contribution is 6.65. The number of aryl methyl sites for hydroxylation is 1. The van der Waals surface area contributed by atoms with Crippen molar-refractivity contribution in [2.24, 2.45) is 0 Å². The fraction of sp³-hybridized carbons (Fsp3) is 0.467. The van der Waals surface area contributed by atoms with Crippen LogP contribution < -0.4 is 5.46 Å². The second-order valence-corrected chi connectivity index (χ2v) is 6.65. The molecule has 1 aliphatic rings. The van der Waals surface area contributed by atoms with Gasteiger partial charge in [-0.3, -0.25) is 0 Å². The number of nitrogens with zero attached hydrogens (tertiary/aromatic N) is 2. The highest BCUT2D eigenvalue weighted by Crippen LogP contribution is 2.37. The average molecular weight is 302 g/mol. The van der Waals surface area contributed by atoms with E-state index in [1.807, 2.05) is 40.7 Å². The van der Waals surface area contributed by atoms with E-state index in [0.717, 1.165) is 21.0 Å². The molecule has 0 saturated carbocycles. The number of hydrogen-bond donors (Lipinski definition) is 1. The second kappa shape index (κ2) is 4.57. The molecule has 116 valence electrons. The average Bonchev–Trinajstić information content (AvgIpc) is 2.85. The Morgan fingerprint density at radius 2 is 1.86 bits per heavy atom. The van der Waals surface area contributed by atoms with E-state index < -0.39 is 24.4 Å². The lowest BCUT2D eigenvalue weighted by Gasteiger charge is -2.32. The van der Waals surface area contributed by atoms with E-state index in [1.54, 1.807) is 12.4 Å². The van der Waals surface area contributed by atoms with Gasteiger partial charge in [0.2, 0.25) is 0 Å². The highest BCUT2D eigenvalue weighted by Gasteiger charge is 2.52. The number of rotatable bonds is 1. The summed E-state index contributed by atoms with van der Waals surface area (Å²) >= 11 is 0. The molecule has 0 aliphatic carbocycles. The quantitative estimate of drug-likeness (QED) is 0.817. The largest absolute Gasteiger partial charge is 0.495 e. The summed E-state index contributed by atoms with van der Waals surface area (Å²) in [6.07, 6.45) is 2.09. The number of pyridine rings is 1. The van der Waals surface area contributed by atoms with Gasteiger partial charge in [-0.05, 0) is 51.7 Å². The van der Waals surface area contributed by atoms with Gasteiger partial charge < -0.3 is 14.4 Å². The minimum Gasteiger partial charge on any atom is -0.464 e. The van der Waals surface area contributed by atoms with E-state index in [9.17, 15) is 9.90 Å². The van der Waals surface area contributed by atoms with Crippen molar-refractivity contribution in [2.45, 2.75) is 45.8 Å². The Balaban J connectivity index is 2.16. The molecule has 1 N–H and O–H groups in total. The summed E-state index contributed by atoms with van der Waals surface area (Å²) in [5.74, 6) is 0. The number of carboxylic acid groups (broad SMARTS) is 1. The second-order valence-electron chi connectivity index (χ2n) is 6.65. The first-order valence-electron chi connectivity index (χ1n) is 7.19. The summed E-state index contributed by atoms with van der Waals surface area (Å²) < 4.78 is 13.3. The Bertz CT molecular complexity index is 750. The zero-order valence-corrected chi connectivity index (χ0v) is 13.4. The van der Waals surface area contributed by atoms with Crippen LogP contribution >= 0.6 is 0 Å². The molecule has 1 saturated heterocycles. The van der Waals surface area contributed by atoms with Gasteiger partial charge in [0, 0.05) is 17.8 Å². The zero-order chi connectivity index (χ0) is 16.3. The summed E-state index contributed by atoms with van der Waals surface area (Å²) in [5.41, 5.74) is 1.14. The molecule has 2 aromatic heterocycles. The molecule has 0 unspecified atom stereocenters. The lowest BCUT2D eigenvalue weighted by atomic mass is 9.77. The third-order valence-corrected chi connectivity index (χ3v) is 4.62. The molecule has 0 atom stereocenters. The standard InChI is InChI=1S/C15H19BN2O4/c1-9-8-18(13(19)20)12-11(9)10(6-7-17-12)16-21-14(2,3)15(4,5)22-16/h6-8H,1-5H3,(H,19,20). The molecule has 3 heterocycles. The Hall–Kier alpha value is -1.86. The maximum Gasteiger partial charge on any atom is 0.495 e. The Morgan fingerprint density at radius 3 is 2.41 bits per heavy atom. The predicted octanol–water partition coefficient (Wildman–Crippen LogP) is 2.17. The number of fused-ring (bicyclic) bond motifs is 1. The van der Waals surface area contributed by atoms with Crippen molar-refractivity contribution in [1.82, 2.24) is 9.55 Å². The third-order valence-electron chi connectivity index (χ3n) is 4.62. The Morgan fingerprint density at radius 1 is 1.27 bits per heavy atom. The molecule has 7 heteroatoms. The van der Waals surface area contributed by atoms with Gasteiger partial charge in [-0.25, -0.2) is 14.3 Å². The molecular formula is C15H19BN2O4. The van der Waals surface area contributed by atoms with Crippen LogP contribution in [0.4, 0.5) is 4.79 Å². The van der Waals surface area contributed by atoms with Crippen LogP contribution in [-0.2, 0) is 9.31 Å².